The van der Waals surface area contributed by atoms with Gasteiger partial charge in [-0.25, -0.2) is 0 Å². The Bertz CT molecular complexity index is 118. The maximum Gasteiger partial charge on any atom is 0.0926 e. The maximum absolute atomic E-state index is 9.51. The molecule has 0 aliphatic heterocycles. The molecular weight excluding hydrogens is 342 g/mol. The predicted molar refractivity (Wildman–Crippen MR) is 57.0 cm³/mol. The van der Waals surface area contributed by atoms with Crippen LogP contribution in [-0.4, -0.2) is 10.7 Å². The Balaban J connectivity index is 4.14. The van der Waals surface area contributed by atoms with Crippen LogP contribution in [0.3, 0.4) is 0 Å². The monoisotopic (exact) mass is 352 g/mol. The van der Waals surface area contributed by atoms with Gasteiger partial charge in [-0.3, -0.25) is 0 Å². The molecule has 0 radical (unpaired) electrons. The van der Waals surface area contributed by atoms with Crippen LogP contribution >= 0.6 is 45.2 Å². The van der Waals surface area contributed by atoms with E-state index in [1.54, 1.807) is 0 Å². The molecule has 0 aliphatic rings. The third-order valence-corrected chi connectivity index (χ3v) is 4.59. The molecule has 0 amide bonds. The van der Waals surface area contributed by atoms with E-state index in [4.69, 9.17) is 0 Å². The van der Waals surface area contributed by atoms with Crippen molar-refractivity contribution in [3.05, 3.63) is 7.66 Å². The standard InChI is InChI=1S/C6H10I2O/c1-3-6(2,9)5(8)4-7/h4,9H,3H2,1-2H3/b5-4+. The molecule has 3 heteroatoms. The molecule has 1 unspecified atom stereocenters. The topological polar surface area (TPSA) is 20.2 Å². The van der Waals surface area contributed by atoms with Gasteiger partial charge in [-0.2, -0.15) is 0 Å². The molecule has 0 bridgehead atoms. The lowest BCUT2D eigenvalue weighted by Crippen LogP contribution is -2.22. The summed E-state index contributed by atoms with van der Waals surface area (Å²) in [6.07, 6.45) is 0.769. The Morgan fingerprint density at radius 1 is 1.78 bits per heavy atom. The molecule has 0 spiro atoms. The van der Waals surface area contributed by atoms with Gasteiger partial charge in [-0.15, -0.1) is 0 Å². The van der Waals surface area contributed by atoms with Gasteiger partial charge in [0.25, 0.3) is 0 Å². The summed E-state index contributed by atoms with van der Waals surface area (Å²) in [7, 11) is 0. The molecule has 9 heavy (non-hydrogen) atoms. The summed E-state index contributed by atoms with van der Waals surface area (Å²) in [4.78, 5) is 0. The molecule has 1 N–H and O–H groups in total. The number of halogens is 2. The van der Waals surface area contributed by atoms with E-state index < -0.39 is 5.60 Å². The first-order valence-electron chi connectivity index (χ1n) is 2.73. The lowest BCUT2D eigenvalue weighted by molar-refractivity contribution is 0.106. The predicted octanol–water partition coefficient (Wildman–Crippen LogP) is 2.86. The molecule has 54 valence electrons. The zero-order valence-corrected chi connectivity index (χ0v) is 9.80. The molecule has 0 aromatic heterocycles. The highest BCUT2D eigenvalue weighted by atomic mass is 127. The maximum atomic E-state index is 9.51. The van der Waals surface area contributed by atoms with Crippen molar-refractivity contribution in [3.8, 4) is 0 Å². The zero-order valence-electron chi connectivity index (χ0n) is 5.49. The van der Waals surface area contributed by atoms with E-state index in [9.17, 15) is 5.11 Å². The van der Waals surface area contributed by atoms with Crippen LogP contribution in [0.5, 0.6) is 0 Å². The largest absolute Gasteiger partial charge is 0.385 e. The Morgan fingerprint density at radius 2 is 2.22 bits per heavy atom. The minimum Gasteiger partial charge on any atom is -0.385 e. The quantitative estimate of drug-likeness (QED) is 0.758. The van der Waals surface area contributed by atoms with Crippen molar-refractivity contribution >= 4 is 45.2 Å². The molecule has 0 aliphatic carbocycles. The average Bonchev–Trinajstić information content (AvgIpc) is 1.86. The average molecular weight is 352 g/mol. The third kappa shape index (κ3) is 3.18. The zero-order chi connectivity index (χ0) is 7.49. The lowest BCUT2D eigenvalue weighted by atomic mass is 10.1. The molecule has 1 atom stereocenters. The Kier molecular flexibility index (Phi) is 4.66. The van der Waals surface area contributed by atoms with E-state index in [-0.39, 0.29) is 0 Å². The van der Waals surface area contributed by atoms with Gasteiger partial charge in [0.05, 0.1) is 5.60 Å². The van der Waals surface area contributed by atoms with E-state index in [0.717, 1.165) is 10.0 Å². The Labute approximate surface area is 83.2 Å². The SMILES string of the molecule is CCC(C)(O)/C(I)=C\I. The van der Waals surface area contributed by atoms with Crippen molar-refractivity contribution < 1.29 is 5.11 Å². The molecule has 0 heterocycles. The van der Waals surface area contributed by atoms with Crippen molar-refractivity contribution in [1.29, 1.82) is 0 Å². The first-order valence-corrected chi connectivity index (χ1v) is 5.05. The van der Waals surface area contributed by atoms with E-state index in [1.165, 1.54) is 0 Å². The van der Waals surface area contributed by atoms with E-state index in [2.05, 4.69) is 45.2 Å². The number of hydrogen-bond acceptors (Lipinski definition) is 1. The highest BCUT2D eigenvalue weighted by Gasteiger charge is 2.20. The molecular formula is C6H10I2O. The van der Waals surface area contributed by atoms with Crippen LogP contribution in [-0.2, 0) is 0 Å². The van der Waals surface area contributed by atoms with E-state index >= 15 is 0 Å². The smallest absolute Gasteiger partial charge is 0.0926 e. The number of hydrogen-bond donors (Lipinski definition) is 1. The van der Waals surface area contributed by atoms with Crippen LogP contribution < -0.4 is 0 Å². The molecule has 0 aromatic carbocycles. The highest BCUT2D eigenvalue weighted by Crippen LogP contribution is 2.26. The summed E-state index contributed by atoms with van der Waals surface area (Å²) in [6.45, 7) is 3.79. The Hall–Kier alpha value is 1.16. The minimum absolute atomic E-state index is 0.609. The van der Waals surface area contributed by atoms with Crippen LogP contribution in [0.15, 0.2) is 7.66 Å². The molecule has 0 saturated heterocycles. The molecule has 0 rings (SSSR count). The number of rotatable bonds is 2. The fourth-order valence-corrected chi connectivity index (χ4v) is 1.34. The van der Waals surface area contributed by atoms with Gasteiger partial charge in [0, 0.05) is 3.58 Å². The van der Waals surface area contributed by atoms with Crippen LogP contribution in [0, 0.1) is 0 Å². The van der Waals surface area contributed by atoms with Gasteiger partial charge < -0.3 is 5.11 Å². The summed E-state index contributed by atoms with van der Waals surface area (Å²) in [5, 5.41) is 9.51. The van der Waals surface area contributed by atoms with Crippen molar-refractivity contribution in [3.63, 3.8) is 0 Å². The molecule has 0 saturated carbocycles. The molecule has 0 aromatic rings. The van der Waals surface area contributed by atoms with Crippen molar-refractivity contribution in [1.82, 2.24) is 0 Å². The van der Waals surface area contributed by atoms with Crippen molar-refractivity contribution in [2.45, 2.75) is 25.9 Å². The molecule has 0 fully saturated rings. The van der Waals surface area contributed by atoms with Gasteiger partial charge in [-0.1, -0.05) is 29.5 Å². The number of aliphatic hydroxyl groups is 1. The van der Waals surface area contributed by atoms with Gasteiger partial charge in [0.2, 0.25) is 0 Å². The van der Waals surface area contributed by atoms with Gasteiger partial charge >= 0.3 is 0 Å². The minimum atomic E-state index is -0.609. The van der Waals surface area contributed by atoms with Gasteiger partial charge in [0.15, 0.2) is 0 Å². The fraction of sp³-hybridized carbons (Fsp3) is 0.667. The lowest BCUT2D eigenvalue weighted by Gasteiger charge is -2.19. The highest BCUT2D eigenvalue weighted by molar-refractivity contribution is 14.1. The van der Waals surface area contributed by atoms with Crippen LogP contribution in [0.25, 0.3) is 0 Å². The van der Waals surface area contributed by atoms with Crippen LogP contribution in [0.2, 0.25) is 0 Å². The van der Waals surface area contributed by atoms with E-state index in [0.29, 0.717) is 0 Å². The summed E-state index contributed by atoms with van der Waals surface area (Å²) < 4.78 is 2.91. The first-order chi connectivity index (χ1) is 4.04. The molecule has 1 nitrogen and oxygen atoms in total. The summed E-state index contributed by atoms with van der Waals surface area (Å²) in [5.74, 6) is 0. The van der Waals surface area contributed by atoms with Crippen molar-refractivity contribution in [2.24, 2.45) is 0 Å². The second-order valence-electron chi connectivity index (χ2n) is 2.08. The third-order valence-electron chi connectivity index (χ3n) is 1.30. The summed E-state index contributed by atoms with van der Waals surface area (Å²) in [6, 6.07) is 0. The van der Waals surface area contributed by atoms with E-state index in [1.807, 2.05) is 17.9 Å². The second kappa shape index (κ2) is 4.12. The van der Waals surface area contributed by atoms with Crippen LogP contribution in [0.4, 0.5) is 0 Å². The summed E-state index contributed by atoms with van der Waals surface area (Å²) in [5.41, 5.74) is -0.609. The van der Waals surface area contributed by atoms with Gasteiger partial charge in [-0.05, 0) is 40.0 Å². The second-order valence-corrected chi connectivity index (χ2v) is 3.87. The summed E-state index contributed by atoms with van der Waals surface area (Å²) >= 11 is 4.28. The fourth-order valence-electron chi connectivity index (χ4n) is 0.286. The van der Waals surface area contributed by atoms with Crippen LogP contribution in [0.1, 0.15) is 20.3 Å². The van der Waals surface area contributed by atoms with Gasteiger partial charge in [0.1, 0.15) is 0 Å². The Morgan fingerprint density at radius 3 is 2.33 bits per heavy atom. The van der Waals surface area contributed by atoms with Crippen molar-refractivity contribution in [2.75, 3.05) is 0 Å². The first kappa shape index (κ1) is 10.2. The normalized spacial score (nSPS) is 19.4.